The van der Waals surface area contributed by atoms with Gasteiger partial charge in [-0.3, -0.25) is 0 Å². The van der Waals surface area contributed by atoms with Gasteiger partial charge in [0.05, 0.1) is 0 Å². The molecule has 0 fully saturated rings. The van der Waals surface area contributed by atoms with Crippen molar-refractivity contribution in [1.29, 1.82) is 0 Å². The highest BCUT2D eigenvalue weighted by Crippen LogP contribution is 2.10. The van der Waals surface area contributed by atoms with E-state index in [0.717, 1.165) is 0 Å². The molecule has 52 valence electrons. The molecule has 0 unspecified atom stereocenters. The lowest BCUT2D eigenvalue weighted by atomic mass is 10.1. The quantitative estimate of drug-likeness (QED) is 0.435. The molecule has 0 bridgehead atoms. The van der Waals surface area contributed by atoms with E-state index >= 15 is 0 Å². The molecule has 0 heterocycles. The molecule has 0 saturated carbocycles. The number of allylic oxidation sites excluding steroid dienone is 2. The van der Waals surface area contributed by atoms with Crippen molar-refractivity contribution >= 4 is 0 Å². The normalized spacial score (nSPS) is 25.8. The fourth-order valence-corrected chi connectivity index (χ4v) is 1.29. The predicted molar refractivity (Wildman–Crippen MR) is 41.5 cm³/mol. The summed E-state index contributed by atoms with van der Waals surface area (Å²) in [5.41, 5.74) is 0. The Bertz CT molecular complexity index is 72.0. The van der Waals surface area contributed by atoms with Crippen molar-refractivity contribution in [1.82, 2.24) is 0 Å². The minimum atomic E-state index is 1.32. The molecule has 1 rings (SSSR count). The van der Waals surface area contributed by atoms with Crippen LogP contribution >= 0.6 is 0 Å². The molecule has 0 N–H and O–H groups in total. The van der Waals surface area contributed by atoms with E-state index in [1.807, 2.05) is 0 Å². The minimum absolute atomic E-state index is 1.32. The van der Waals surface area contributed by atoms with Crippen LogP contribution < -0.4 is 0 Å². The largest absolute Gasteiger partial charge is 0.0885 e. The van der Waals surface area contributed by atoms with Crippen LogP contribution in [0.15, 0.2) is 12.2 Å². The van der Waals surface area contributed by atoms with Crippen molar-refractivity contribution in [2.45, 2.75) is 44.9 Å². The summed E-state index contributed by atoms with van der Waals surface area (Å²) < 4.78 is 0. The zero-order valence-corrected chi connectivity index (χ0v) is 6.10. The van der Waals surface area contributed by atoms with Crippen LogP contribution in [0.25, 0.3) is 0 Å². The van der Waals surface area contributed by atoms with Gasteiger partial charge in [-0.05, 0) is 25.7 Å². The lowest BCUT2D eigenvalue weighted by molar-refractivity contribution is 0.632. The Balaban J connectivity index is 2.15. The molecule has 0 spiro atoms. The molecule has 1 aliphatic rings. The van der Waals surface area contributed by atoms with Gasteiger partial charge in [-0.2, -0.15) is 0 Å². The Labute approximate surface area is 58.0 Å². The van der Waals surface area contributed by atoms with Gasteiger partial charge in [0.25, 0.3) is 0 Å². The molecule has 0 aromatic heterocycles. The molecule has 0 aromatic rings. The van der Waals surface area contributed by atoms with Crippen LogP contribution in [0, 0.1) is 0 Å². The van der Waals surface area contributed by atoms with Gasteiger partial charge >= 0.3 is 0 Å². The first-order valence-electron chi connectivity index (χ1n) is 4.15. The number of rotatable bonds is 0. The van der Waals surface area contributed by atoms with Gasteiger partial charge in [0.1, 0.15) is 0 Å². The first-order valence-corrected chi connectivity index (χ1v) is 4.15. The first kappa shape index (κ1) is 6.85. The second-order valence-electron chi connectivity index (χ2n) is 2.82. The highest BCUT2D eigenvalue weighted by atomic mass is 14.0. The fourth-order valence-electron chi connectivity index (χ4n) is 1.29. The van der Waals surface area contributed by atoms with Crippen LogP contribution in [-0.4, -0.2) is 0 Å². The summed E-state index contributed by atoms with van der Waals surface area (Å²) in [5.74, 6) is 0. The third kappa shape index (κ3) is 3.34. The monoisotopic (exact) mass is 124 g/mol. The van der Waals surface area contributed by atoms with Gasteiger partial charge < -0.3 is 0 Å². The molecular weight excluding hydrogens is 108 g/mol. The molecule has 9 heavy (non-hydrogen) atoms. The molecule has 0 amide bonds. The third-order valence-electron chi connectivity index (χ3n) is 1.91. The molecule has 0 atom stereocenters. The van der Waals surface area contributed by atoms with E-state index in [1.165, 1.54) is 44.9 Å². The average Bonchev–Trinajstić information content (AvgIpc) is 2.00. The Morgan fingerprint density at radius 2 is 1.00 bits per heavy atom. The fraction of sp³-hybridized carbons (Fsp3) is 0.778. The Kier molecular flexibility index (Phi) is 3.51. The zero-order valence-electron chi connectivity index (χ0n) is 6.10. The predicted octanol–water partition coefficient (Wildman–Crippen LogP) is 3.29. The van der Waals surface area contributed by atoms with Crippen molar-refractivity contribution in [3.8, 4) is 0 Å². The summed E-state index contributed by atoms with van der Waals surface area (Å²) in [6, 6.07) is 0. The van der Waals surface area contributed by atoms with Gasteiger partial charge in [-0.15, -0.1) is 0 Å². The van der Waals surface area contributed by atoms with Crippen LogP contribution in [0.2, 0.25) is 0 Å². The Morgan fingerprint density at radius 1 is 0.556 bits per heavy atom. The van der Waals surface area contributed by atoms with E-state index in [2.05, 4.69) is 12.2 Å². The third-order valence-corrected chi connectivity index (χ3v) is 1.91. The zero-order chi connectivity index (χ0) is 6.36. The summed E-state index contributed by atoms with van der Waals surface area (Å²) >= 11 is 0. The molecule has 0 radical (unpaired) electrons. The van der Waals surface area contributed by atoms with Crippen molar-refractivity contribution in [3.05, 3.63) is 12.2 Å². The Hall–Kier alpha value is -0.260. The van der Waals surface area contributed by atoms with Gasteiger partial charge in [0.15, 0.2) is 0 Å². The maximum atomic E-state index is 2.34. The summed E-state index contributed by atoms with van der Waals surface area (Å²) in [5, 5.41) is 0. The standard InChI is InChI=1S/C9H16/c1-2-4-6-8-9-7-5-3-1/h1-2H,3-9H2/b2-1+. The second kappa shape index (κ2) is 4.60. The first-order chi connectivity index (χ1) is 4.50. The van der Waals surface area contributed by atoms with Gasteiger partial charge in [-0.1, -0.05) is 31.4 Å². The van der Waals surface area contributed by atoms with Crippen molar-refractivity contribution in [3.63, 3.8) is 0 Å². The molecule has 0 nitrogen and oxygen atoms in total. The summed E-state index contributed by atoms with van der Waals surface area (Å²) in [7, 11) is 0. The van der Waals surface area contributed by atoms with E-state index in [9.17, 15) is 0 Å². The van der Waals surface area contributed by atoms with Crippen LogP contribution in [0.5, 0.6) is 0 Å². The van der Waals surface area contributed by atoms with Crippen LogP contribution in [0.4, 0.5) is 0 Å². The van der Waals surface area contributed by atoms with Crippen LogP contribution in [0.1, 0.15) is 44.9 Å². The van der Waals surface area contributed by atoms with E-state index < -0.39 is 0 Å². The van der Waals surface area contributed by atoms with Gasteiger partial charge in [0.2, 0.25) is 0 Å². The lowest BCUT2D eigenvalue weighted by Crippen LogP contribution is -1.74. The number of hydrogen-bond acceptors (Lipinski definition) is 0. The SMILES string of the molecule is C1=C/CCCCCCC/1. The van der Waals surface area contributed by atoms with Crippen LogP contribution in [0.3, 0.4) is 0 Å². The van der Waals surface area contributed by atoms with E-state index in [-0.39, 0.29) is 0 Å². The molecular formula is C9H16. The molecule has 0 heteroatoms. The maximum Gasteiger partial charge on any atom is -0.0351 e. The van der Waals surface area contributed by atoms with Crippen LogP contribution in [-0.2, 0) is 0 Å². The second-order valence-corrected chi connectivity index (χ2v) is 2.82. The van der Waals surface area contributed by atoms with Crippen molar-refractivity contribution in [2.24, 2.45) is 0 Å². The highest BCUT2D eigenvalue weighted by Gasteiger charge is 1.90. The van der Waals surface area contributed by atoms with E-state index in [1.54, 1.807) is 0 Å². The summed E-state index contributed by atoms with van der Waals surface area (Å²) in [4.78, 5) is 0. The molecule has 0 aromatic carbocycles. The van der Waals surface area contributed by atoms with Gasteiger partial charge in [-0.25, -0.2) is 0 Å². The van der Waals surface area contributed by atoms with Crippen molar-refractivity contribution < 1.29 is 0 Å². The minimum Gasteiger partial charge on any atom is -0.0885 e. The lowest BCUT2D eigenvalue weighted by Gasteiger charge is -1.93. The Morgan fingerprint density at radius 3 is 1.56 bits per heavy atom. The molecule has 1 aliphatic carbocycles. The van der Waals surface area contributed by atoms with E-state index in [4.69, 9.17) is 0 Å². The number of hydrogen-bond donors (Lipinski definition) is 0. The topological polar surface area (TPSA) is 0 Å². The smallest absolute Gasteiger partial charge is 0.0351 e. The average molecular weight is 124 g/mol. The summed E-state index contributed by atoms with van der Waals surface area (Å²) in [6.07, 6.45) is 14.5. The maximum absolute atomic E-state index is 2.34. The molecule has 0 saturated heterocycles. The van der Waals surface area contributed by atoms with Crippen molar-refractivity contribution in [2.75, 3.05) is 0 Å². The van der Waals surface area contributed by atoms with Gasteiger partial charge in [0, 0.05) is 0 Å². The summed E-state index contributed by atoms with van der Waals surface area (Å²) in [6.45, 7) is 0. The molecule has 0 aliphatic heterocycles. The van der Waals surface area contributed by atoms with E-state index in [0.29, 0.717) is 0 Å². The highest BCUT2D eigenvalue weighted by molar-refractivity contribution is 4.82.